The van der Waals surface area contributed by atoms with Gasteiger partial charge in [-0.2, -0.15) is 0 Å². The topological polar surface area (TPSA) is 55.9 Å². The van der Waals surface area contributed by atoms with Crippen molar-refractivity contribution in [1.29, 1.82) is 0 Å². The number of amides is 2. The molecular weight excluding hydrogens is 761 g/mol. The highest BCUT2D eigenvalue weighted by Gasteiger charge is 2.26. The number of nitrogens with zero attached hydrogens (tertiary/aromatic N) is 3. The number of carbonyl (C=O) groups excluding carboxylic acids is 2. The zero-order valence-corrected chi connectivity index (χ0v) is 43.0. The Hall–Kier alpha value is -1.14. The molecule has 0 spiro atoms. The Morgan fingerprint density at radius 2 is 0.710 bits per heavy atom. The van der Waals surface area contributed by atoms with Crippen LogP contribution in [-0.2, 0) is 9.59 Å². The van der Waals surface area contributed by atoms with Crippen molar-refractivity contribution in [3.63, 3.8) is 0 Å². The molecule has 0 aromatic carbocycles. The third-order valence-corrected chi connectivity index (χ3v) is 14.3. The molecule has 62 heavy (non-hydrogen) atoms. The lowest BCUT2D eigenvalue weighted by Crippen LogP contribution is -2.53. The van der Waals surface area contributed by atoms with E-state index in [2.05, 4.69) is 49.7 Å². The Kier molecular flexibility index (Phi) is 42.8. The Morgan fingerprint density at radius 3 is 1.08 bits per heavy atom. The first-order chi connectivity index (χ1) is 30.5. The Morgan fingerprint density at radius 1 is 0.403 bits per heavy atom. The van der Waals surface area contributed by atoms with Crippen molar-refractivity contribution < 1.29 is 9.59 Å². The summed E-state index contributed by atoms with van der Waals surface area (Å²) < 4.78 is 0. The molecule has 368 valence electrons. The van der Waals surface area contributed by atoms with Crippen LogP contribution in [-0.4, -0.2) is 84.9 Å². The molecule has 6 nitrogen and oxygen atoms in total. The minimum absolute atomic E-state index is 0.216. The van der Waals surface area contributed by atoms with E-state index in [1.807, 2.05) is 4.90 Å². The van der Waals surface area contributed by atoms with Gasteiger partial charge in [-0.15, -0.1) is 0 Å². The molecule has 1 unspecified atom stereocenters. The number of hydrogen-bond acceptors (Lipinski definition) is 4. The van der Waals surface area contributed by atoms with Gasteiger partial charge in [0.25, 0.3) is 0 Å². The normalized spacial score (nSPS) is 13.9. The van der Waals surface area contributed by atoms with E-state index in [1.54, 1.807) is 0 Å². The van der Waals surface area contributed by atoms with Crippen LogP contribution in [0.2, 0.25) is 0 Å². The van der Waals surface area contributed by atoms with E-state index in [4.69, 9.17) is 0 Å². The van der Waals surface area contributed by atoms with E-state index >= 15 is 0 Å². The fraction of sp³-hybridized carbons (Fsp3) is 0.964. The summed E-state index contributed by atoms with van der Waals surface area (Å²) in [6, 6.07) is 0.503. The SMILES string of the molecule is CCCCCCCCCC(CCCCCCCCC)CC(=O)N1CCN(C(=O)CNCC(CCCCCCCCC)N(CCCCCCCCC)CCCCCCCCC)CC1. The van der Waals surface area contributed by atoms with E-state index in [-0.39, 0.29) is 5.91 Å². The van der Waals surface area contributed by atoms with Crippen molar-refractivity contribution in [2.24, 2.45) is 5.92 Å². The van der Waals surface area contributed by atoms with Gasteiger partial charge in [-0.25, -0.2) is 0 Å². The maximum Gasteiger partial charge on any atom is 0.236 e. The number of hydrogen-bond donors (Lipinski definition) is 1. The van der Waals surface area contributed by atoms with E-state index in [0.717, 1.165) is 6.54 Å². The number of rotatable bonds is 47. The van der Waals surface area contributed by atoms with E-state index in [0.29, 0.717) is 57.0 Å². The predicted octanol–water partition coefficient (Wildman–Crippen LogP) is 15.8. The van der Waals surface area contributed by atoms with Crippen LogP contribution in [0.1, 0.15) is 285 Å². The Labute approximate surface area is 389 Å². The van der Waals surface area contributed by atoms with Crippen LogP contribution >= 0.6 is 0 Å². The minimum Gasteiger partial charge on any atom is -0.339 e. The third-order valence-electron chi connectivity index (χ3n) is 14.3. The first-order valence-electron chi connectivity index (χ1n) is 28.5. The summed E-state index contributed by atoms with van der Waals surface area (Å²) in [6.45, 7) is 18.0. The molecular formula is C56H112N4O2. The van der Waals surface area contributed by atoms with E-state index in [9.17, 15) is 9.59 Å². The molecule has 0 aromatic heterocycles. The lowest BCUT2D eigenvalue weighted by molar-refractivity contribution is -0.139. The number of unbranched alkanes of at least 4 members (excludes halogenated alkanes) is 30. The van der Waals surface area contributed by atoms with Crippen LogP contribution in [0.15, 0.2) is 0 Å². The zero-order chi connectivity index (χ0) is 45.0. The highest BCUT2D eigenvalue weighted by molar-refractivity contribution is 5.79. The molecule has 1 saturated heterocycles. The van der Waals surface area contributed by atoms with Crippen molar-refractivity contribution in [3.05, 3.63) is 0 Å². The van der Waals surface area contributed by atoms with Crippen molar-refractivity contribution in [2.45, 2.75) is 291 Å². The molecule has 1 fully saturated rings. The van der Waals surface area contributed by atoms with Crippen LogP contribution in [0.3, 0.4) is 0 Å². The summed E-state index contributed by atoms with van der Waals surface area (Å²) in [6.07, 6.45) is 51.5. The highest BCUT2D eigenvalue weighted by atomic mass is 16.2. The quantitative estimate of drug-likeness (QED) is 0.0619. The van der Waals surface area contributed by atoms with Gasteiger partial charge in [0, 0.05) is 45.2 Å². The molecule has 1 heterocycles. The molecule has 1 aliphatic rings. The molecule has 0 saturated carbocycles. The molecule has 1 rings (SSSR count). The van der Waals surface area contributed by atoms with Gasteiger partial charge in [0.05, 0.1) is 6.54 Å². The first kappa shape index (κ1) is 58.9. The molecule has 0 aromatic rings. The van der Waals surface area contributed by atoms with E-state index < -0.39 is 0 Å². The summed E-state index contributed by atoms with van der Waals surface area (Å²) in [7, 11) is 0. The maximum absolute atomic E-state index is 13.7. The fourth-order valence-electron chi connectivity index (χ4n) is 9.94. The molecule has 1 atom stereocenters. The Balaban J connectivity index is 2.73. The van der Waals surface area contributed by atoms with Gasteiger partial charge < -0.3 is 15.1 Å². The smallest absolute Gasteiger partial charge is 0.236 e. The molecule has 2 amide bonds. The lowest BCUT2D eigenvalue weighted by atomic mass is 9.91. The summed E-state index contributed by atoms with van der Waals surface area (Å²) in [5, 5.41) is 3.70. The van der Waals surface area contributed by atoms with Crippen LogP contribution in [0.4, 0.5) is 0 Å². The average Bonchev–Trinajstić information content (AvgIpc) is 3.28. The molecule has 6 heteroatoms. The average molecular weight is 874 g/mol. The molecule has 1 aliphatic heterocycles. The van der Waals surface area contributed by atoms with Crippen LogP contribution in [0, 0.1) is 5.92 Å². The first-order valence-corrected chi connectivity index (χ1v) is 28.5. The number of carbonyl (C=O) groups is 2. The standard InChI is InChI=1S/C56H112N4O2/c1-6-11-16-21-26-31-36-41-53(42-37-32-27-22-17-12-7-2)50-55(61)59-46-48-60(49-47-59)56(62)52-57-51-54(43-38-33-28-23-18-13-8-3)58(44-39-34-29-24-19-14-9-4)45-40-35-30-25-20-15-10-5/h53-54,57H,6-52H2,1-5H3. The number of nitrogens with one attached hydrogen (secondary N) is 1. The van der Waals surface area contributed by atoms with Crippen LogP contribution in [0.25, 0.3) is 0 Å². The minimum atomic E-state index is 0.216. The zero-order valence-electron chi connectivity index (χ0n) is 43.0. The summed E-state index contributed by atoms with van der Waals surface area (Å²) in [4.78, 5) is 34.3. The number of piperazine rings is 1. The fourth-order valence-corrected chi connectivity index (χ4v) is 9.94. The van der Waals surface area contributed by atoms with E-state index in [1.165, 1.54) is 257 Å². The van der Waals surface area contributed by atoms with Crippen molar-refractivity contribution in [3.8, 4) is 0 Å². The molecule has 0 bridgehead atoms. The van der Waals surface area contributed by atoms with Crippen LogP contribution < -0.4 is 5.32 Å². The summed E-state index contributed by atoms with van der Waals surface area (Å²) in [5.74, 6) is 1.07. The summed E-state index contributed by atoms with van der Waals surface area (Å²) in [5.41, 5.74) is 0. The van der Waals surface area contributed by atoms with Gasteiger partial charge in [0.1, 0.15) is 0 Å². The van der Waals surface area contributed by atoms with Crippen molar-refractivity contribution in [1.82, 2.24) is 20.0 Å². The molecule has 0 aliphatic carbocycles. The van der Waals surface area contributed by atoms with Gasteiger partial charge in [-0.3, -0.25) is 14.5 Å². The Bertz CT molecular complexity index is 916. The lowest BCUT2D eigenvalue weighted by Gasteiger charge is -2.36. The third kappa shape index (κ3) is 34.2. The van der Waals surface area contributed by atoms with Crippen molar-refractivity contribution >= 4 is 11.8 Å². The van der Waals surface area contributed by atoms with Crippen molar-refractivity contribution in [2.75, 3.05) is 52.4 Å². The summed E-state index contributed by atoms with van der Waals surface area (Å²) >= 11 is 0. The van der Waals surface area contributed by atoms with Gasteiger partial charge in [0.2, 0.25) is 11.8 Å². The largest absolute Gasteiger partial charge is 0.339 e. The maximum atomic E-state index is 13.7. The van der Waals surface area contributed by atoms with Gasteiger partial charge in [-0.1, -0.05) is 247 Å². The van der Waals surface area contributed by atoms with Gasteiger partial charge in [-0.05, 0) is 51.1 Å². The monoisotopic (exact) mass is 873 g/mol. The second-order valence-corrected chi connectivity index (χ2v) is 20.1. The molecule has 0 radical (unpaired) electrons. The van der Waals surface area contributed by atoms with Crippen LogP contribution in [0.5, 0.6) is 0 Å². The second-order valence-electron chi connectivity index (χ2n) is 20.1. The van der Waals surface area contributed by atoms with Gasteiger partial charge >= 0.3 is 0 Å². The predicted molar refractivity (Wildman–Crippen MR) is 273 cm³/mol. The molecule has 1 N–H and O–H groups in total. The highest BCUT2D eigenvalue weighted by Crippen LogP contribution is 2.24. The van der Waals surface area contributed by atoms with Gasteiger partial charge in [0.15, 0.2) is 0 Å². The second kappa shape index (κ2) is 45.0.